The minimum absolute atomic E-state index is 0.0205. The van der Waals surface area contributed by atoms with Crippen molar-refractivity contribution in [1.29, 1.82) is 0 Å². The van der Waals surface area contributed by atoms with E-state index in [2.05, 4.69) is 5.32 Å². The molecule has 0 aliphatic carbocycles. The van der Waals surface area contributed by atoms with Gasteiger partial charge in [-0.15, -0.1) is 0 Å². The fraction of sp³-hybridized carbons (Fsp3) is 0.333. The smallest absolute Gasteiger partial charge is 0.293 e. The van der Waals surface area contributed by atoms with Gasteiger partial charge in [0, 0.05) is 30.8 Å². The molecule has 0 radical (unpaired) electrons. The molecule has 29 heavy (non-hydrogen) atoms. The van der Waals surface area contributed by atoms with Crippen LogP contribution in [0.4, 0.5) is 20.2 Å². The summed E-state index contributed by atoms with van der Waals surface area (Å²) >= 11 is 0. The van der Waals surface area contributed by atoms with Gasteiger partial charge in [-0.1, -0.05) is 6.07 Å². The first-order valence-corrected chi connectivity index (χ1v) is 10.2. The maximum Gasteiger partial charge on any atom is 0.293 e. The Morgan fingerprint density at radius 1 is 1.17 bits per heavy atom. The van der Waals surface area contributed by atoms with Crippen molar-refractivity contribution in [3.8, 4) is 0 Å². The van der Waals surface area contributed by atoms with Gasteiger partial charge >= 0.3 is 0 Å². The van der Waals surface area contributed by atoms with Crippen molar-refractivity contribution < 1.29 is 26.9 Å². The normalized spacial score (nSPS) is 16.4. The predicted octanol–water partition coefficient (Wildman–Crippen LogP) is 3.07. The maximum absolute atomic E-state index is 14.0. The molecule has 0 aromatic heterocycles. The van der Waals surface area contributed by atoms with Gasteiger partial charge in [0.2, 0.25) is 10.0 Å². The minimum Gasteiger partial charge on any atom is -0.379 e. The fourth-order valence-corrected chi connectivity index (χ4v) is 4.47. The zero-order chi connectivity index (χ0) is 21.2. The molecule has 1 aliphatic heterocycles. The molecular weight excluding hydrogens is 408 g/mol. The highest BCUT2D eigenvalue weighted by Gasteiger charge is 2.29. The Labute approximate surface area is 166 Å². The quantitative estimate of drug-likeness (QED) is 0.562. The fourth-order valence-electron chi connectivity index (χ4n) is 3.04. The molecule has 156 valence electrons. The first-order valence-electron chi connectivity index (χ1n) is 8.78. The summed E-state index contributed by atoms with van der Waals surface area (Å²) in [6.45, 7) is 2.38. The lowest BCUT2D eigenvalue weighted by molar-refractivity contribution is -0.384. The zero-order valence-electron chi connectivity index (χ0n) is 15.5. The molecule has 0 bridgehead atoms. The van der Waals surface area contributed by atoms with Gasteiger partial charge in [0.15, 0.2) is 0 Å². The molecule has 1 atom stereocenters. The average Bonchev–Trinajstić information content (AvgIpc) is 2.68. The van der Waals surface area contributed by atoms with E-state index in [1.165, 1.54) is 22.5 Å². The minimum atomic E-state index is -3.91. The number of morpholine rings is 1. The van der Waals surface area contributed by atoms with Gasteiger partial charge in [-0.2, -0.15) is 4.31 Å². The van der Waals surface area contributed by atoms with E-state index >= 15 is 0 Å². The van der Waals surface area contributed by atoms with Crippen molar-refractivity contribution in [3.63, 3.8) is 0 Å². The summed E-state index contributed by atoms with van der Waals surface area (Å²) in [5.41, 5.74) is -0.327. The number of nitrogens with zero attached hydrogens (tertiary/aromatic N) is 2. The summed E-state index contributed by atoms with van der Waals surface area (Å²) in [7, 11) is -3.91. The first-order chi connectivity index (χ1) is 13.7. The Morgan fingerprint density at radius 3 is 2.48 bits per heavy atom. The van der Waals surface area contributed by atoms with Crippen LogP contribution in [0.15, 0.2) is 41.3 Å². The van der Waals surface area contributed by atoms with Crippen LogP contribution in [0.3, 0.4) is 0 Å². The largest absolute Gasteiger partial charge is 0.379 e. The monoisotopic (exact) mass is 427 g/mol. The molecule has 8 nitrogen and oxygen atoms in total. The van der Waals surface area contributed by atoms with E-state index in [0.717, 1.165) is 18.2 Å². The summed E-state index contributed by atoms with van der Waals surface area (Å²) in [4.78, 5) is 10.6. The van der Waals surface area contributed by atoms with Gasteiger partial charge in [-0.25, -0.2) is 17.2 Å². The van der Waals surface area contributed by atoms with Gasteiger partial charge in [0.25, 0.3) is 5.69 Å². The molecule has 0 saturated carbocycles. The van der Waals surface area contributed by atoms with Crippen molar-refractivity contribution in [2.24, 2.45) is 0 Å². The number of rotatable bonds is 6. The van der Waals surface area contributed by atoms with E-state index in [1.54, 1.807) is 6.92 Å². The second-order valence-corrected chi connectivity index (χ2v) is 8.42. The highest BCUT2D eigenvalue weighted by molar-refractivity contribution is 7.89. The Bertz CT molecular complexity index is 1030. The van der Waals surface area contributed by atoms with E-state index in [-0.39, 0.29) is 42.4 Å². The van der Waals surface area contributed by atoms with Crippen LogP contribution in [0.25, 0.3) is 0 Å². The number of hydrogen-bond acceptors (Lipinski definition) is 6. The van der Waals surface area contributed by atoms with Gasteiger partial charge in [0.1, 0.15) is 17.3 Å². The molecule has 1 fully saturated rings. The van der Waals surface area contributed by atoms with E-state index in [4.69, 9.17) is 4.74 Å². The summed E-state index contributed by atoms with van der Waals surface area (Å²) in [5, 5.41) is 14.3. The number of halogens is 2. The third-order valence-electron chi connectivity index (χ3n) is 4.57. The lowest BCUT2D eigenvalue weighted by Gasteiger charge is -2.26. The molecule has 0 amide bonds. The highest BCUT2D eigenvalue weighted by Crippen LogP contribution is 2.32. The predicted molar refractivity (Wildman–Crippen MR) is 101 cm³/mol. The van der Waals surface area contributed by atoms with Crippen LogP contribution in [0, 0.1) is 21.7 Å². The number of nitro groups is 1. The number of sulfonamides is 1. The van der Waals surface area contributed by atoms with Crippen LogP contribution in [-0.2, 0) is 14.8 Å². The third-order valence-corrected chi connectivity index (χ3v) is 6.47. The third kappa shape index (κ3) is 4.52. The van der Waals surface area contributed by atoms with Crippen molar-refractivity contribution in [3.05, 3.63) is 63.7 Å². The number of hydrogen-bond donors (Lipinski definition) is 1. The molecule has 1 unspecified atom stereocenters. The Hall–Kier alpha value is -2.63. The second-order valence-electron chi connectivity index (χ2n) is 6.48. The van der Waals surface area contributed by atoms with E-state index in [9.17, 15) is 27.3 Å². The van der Waals surface area contributed by atoms with E-state index in [1.807, 2.05) is 0 Å². The lowest BCUT2D eigenvalue weighted by atomic mass is 10.1. The molecule has 0 spiro atoms. The van der Waals surface area contributed by atoms with Crippen LogP contribution in [0.5, 0.6) is 0 Å². The van der Waals surface area contributed by atoms with Gasteiger partial charge in [-0.05, 0) is 25.1 Å². The van der Waals surface area contributed by atoms with Crippen LogP contribution in [-0.4, -0.2) is 43.9 Å². The van der Waals surface area contributed by atoms with E-state index < -0.39 is 38.3 Å². The van der Waals surface area contributed by atoms with Crippen LogP contribution >= 0.6 is 0 Å². The van der Waals surface area contributed by atoms with Crippen molar-refractivity contribution >= 4 is 21.4 Å². The van der Waals surface area contributed by atoms with Crippen LogP contribution < -0.4 is 5.32 Å². The number of ether oxygens (including phenoxy) is 1. The molecule has 11 heteroatoms. The maximum atomic E-state index is 14.0. The van der Waals surface area contributed by atoms with Crippen LogP contribution in [0.1, 0.15) is 18.5 Å². The van der Waals surface area contributed by atoms with Gasteiger partial charge in [-0.3, -0.25) is 10.1 Å². The topological polar surface area (TPSA) is 102 Å². The molecule has 3 rings (SSSR count). The molecule has 2 aromatic carbocycles. The molecule has 1 saturated heterocycles. The zero-order valence-corrected chi connectivity index (χ0v) is 16.3. The van der Waals surface area contributed by atoms with Gasteiger partial charge < -0.3 is 10.1 Å². The Balaban J connectivity index is 1.91. The summed E-state index contributed by atoms with van der Waals surface area (Å²) in [6.07, 6.45) is 0. The SMILES string of the molecule is CC(Nc1ccc(S(=O)(=O)N2CCOCC2)cc1[N+](=O)[O-])c1ccc(F)cc1F. The summed E-state index contributed by atoms with van der Waals surface area (Å²) < 4.78 is 58.9. The number of nitro benzene ring substituents is 1. The standard InChI is InChI=1S/C18H19F2N3O5S/c1-12(15-4-2-13(19)10-16(15)20)21-17-5-3-14(11-18(17)23(24)25)29(26,27)22-6-8-28-9-7-22/h2-5,10-12,21H,6-9H2,1H3. The van der Waals surface area contributed by atoms with Crippen molar-refractivity contribution in [2.75, 3.05) is 31.6 Å². The Morgan fingerprint density at radius 2 is 1.86 bits per heavy atom. The molecule has 1 aliphatic rings. The van der Waals surface area contributed by atoms with Gasteiger partial charge in [0.05, 0.1) is 29.1 Å². The summed E-state index contributed by atoms with van der Waals surface area (Å²) in [5.74, 6) is -1.53. The van der Waals surface area contributed by atoms with Crippen molar-refractivity contribution in [2.45, 2.75) is 17.9 Å². The molecule has 1 heterocycles. The highest BCUT2D eigenvalue weighted by atomic mass is 32.2. The second kappa shape index (κ2) is 8.39. The Kier molecular flexibility index (Phi) is 6.10. The molecular formula is C18H19F2N3O5S. The van der Waals surface area contributed by atoms with Crippen LogP contribution in [0.2, 0.25) is 0 Å². The summed E-state index contributed by atoms with van der Waals surface area (Å²) in [6, 6.07) is 5.82. The molecule has 2 aromatic rings. The van der Waals surface area contributed by atoms with E-state index in [0.29, 0.717) is 0 Å². The number of nitrogens with one attached hydrogen (secondary N) is 1. The van der Waals surface area contributed by atoms with Crippen molar-refractivity contribution in [1.82, 2.24) is 4.31 Å². The molecule has 1 N–H and O–H groups in total. The number of anilines is 1. The number of benzene rings is 2. The lowest BCUT2D eigenvalue weighted by Crippen LogP contribution is -2.40. The first kappa shape index (κ1) is 21.1. The average molecular weight is 427 g/mol.